The van der Waals surface area contributed by atoms with Gasteiger partial charge in [0.05, 0.1) is 28.4 Å². The zero-order valence-electron chi connectivity index (χ0n) is 17.8. The maximum atomic E-state index is 14.5. The number of carboxylic acids is 1. The summed E-state index contributed by atoms with van der Waals surface area (Å²) in [7, 11) is 0. The summed E-state index contributed by atoms with van der Waals surface area (Å²) in [6, 6.07) is 5.42. The summed E-state index contributed by atoms with van der Waals surface area (Å²) in [4.78, 5) is 37.2. The number of carbonyl (C=O) groups is 3. The number of hydrogen-bond donors (Lipinski definition) is 2. The molecule has 174 valence electrons. The minimum absolute atomic E-state index is 0.116. The van der Waals surface area contributed by atoms with Crippen molar-refractivity contribution in [3.05, 3.63) is 51.8 Å². The first-order chi connectivity index (χ1) is 15.7. The van der Waals surface area contributed by atoms with Crippen LogP contribution >= 0.6 is 11.6 Å². The molecule has 2 heterocycles. The summed E-state index contributed by atoms with van der Waals surface area (Å²) < 4.78 is 25.5. The summed E-state index contributed by atoms with van der Waals surface area (Å²) in [5.41, 5.74) is 0.728. The molecular weight excluding hydrogens is 455 g/mol. The first-order valence-electron chi connectivity index (χ1n) is 10.4. The smallest absolute Gasteiger partial charge is 0.336 e. The van der Waals surface area contributed by atoms with Crippen molar-refractivity contribution in [2.75, 3.05) is 31.6 Å². The molecule has 0 unspecified atom stereocenters. The molecule has 2 aromatic rings. The minimum atomic E-state index is -1.05. The van der Waals surface area contributed by atoms with Gasteiger partial charge in [0.15, 0.2) is 6.61 Å². The number of hydrogen-bond acceptors (Lipinski definition) is 5. The number of fused-ring (bicyclic) bond motifs is 1. The predicted molar refractivity (Wildman–Crippen MR) is 118 cm³/mol. The third kappa shape index (κ3) is 4.73. The van der Waals surface area contributed by atoms with Crippen LogP contribution in [0.2, 0.25) is 5.02 Å². The van der Waals surface area contributed by atoms with Crippen molar-refractivity contribution in [1.29, 1.82) is 0 Å². The molecule has 4 rings (SSSR count). The normalized spacial score (nSPS) is 16.0. The fourth-order valence-corrected chi connectivity index (χ4v) is 4.17. The van der Waals surface area contributed by atoms with E-state index in [1.54, 1.807) is 17.9 Å². The molecule has 0 aromatic heterocycles. The van der Waals surface area contributed by atoms with Crippen LogP contribution in [0.25, 0.3) is 0 Å². The maximum absolute atomic E-state index is 14.5. The van der Waals surface area contributed by atoms with Gasteiger partial charge in [0.25, 0.3) is 11.8 Å². The monoisotopic (exact) mass is 476 g/mol. The van der Waals surface area contributed by atoms with Crippen LogP contribution in [0.4, 0.5) is 10.1 Å². The molecule has 0 bridgehead atoms. The minimum Gasteiger partial charge on any atom is -0.492 e. The van der Waals surface area contributed by atoms with Gasteiger partial charge in [-0.1, -0.05) is 11.6 Å². The Morgan fingerprint density at radius 3 is 2.70 bits per heavy atom. The van der Waals surface area contributed by atoms with E-state index in [-0.39, 0.29) is 46.0 Å². The van der Waals surface area contributed by atoms with Crippen LogP contribution in [0.3, 0.4) is 0 Å². The second-order valence-corrected chi connectivity index (χ2v) is 8.45. The molecule has 0 spiro atoms. The molecule has 33 heavy (non-hydrogen) atoms. The van der Waals surface area contributed by atoms with E-state index < -0.39 is 17.7 Å². The number of likely N-dealkylation sites (tertiary alicyclic amines) is 1. The van der Waals surface area contributed by atoms with Gasteiger partial charge in [-0.25, -0.2) is 9.18 Å². The highest BCUT2D eigenvalue weighted by molar-refractivity contribution is 6.33. The molecule has 0 atom stereocenters. The number of amides is 2. The van der Waals surface area contributed by atoms with Crippen molar-refractivity contribution in [3.8, 4) is 11.5 Å². The average Bonchev–Trinajstić information content (AvgIpc) is 2.79. The third-order valence-corrected chi connectivity index (χ3v) is 6.36. The summed E-state index contributed by atoms with van der Waals surface area (Å²) in [5, 5.41) is 12.0. The van der Waals surface area contributed by atoms with Crippen LogP contribution < -0.4 is 14.8 Å². The molecule has 0 aliphatic carbocycles. The Hall–Kier alpha value is -3.33. The van der Waals surface area contributed by atoms with Gasteiger partial charge in [-0.3, -0.25) is 9.59 Å². The van der Waals surface area contributed by atoms with Gasteiger partial charge >= 0.3 is 5.97 Å². The lowest BCUT2D eigenvalue weighted by molar-refractivity contribution is -0.118. The SMILES string of the molecule is Cc1c(C(=O)O)ccc(OCC2CCN(C(=O)c3cc4c(cc3F)OCC(=O)N4)CC2)c1Cl. The largest absolute Gasteiger partial charge is 0.492 e. The summed E-state index contributed by atoms with van der Waals surface area (Å²) >= 11 is 6.26. The Bertz CT molecular complexity index is 1130. The number of carboxylic acid groups (broad SMARTS) is 1. The van der Waals surface area contributed by atoms with Crippen LogP contribution in [0.15, 0.2) is 24.3 Å². The zero-order chi connectivity index (χ0) is 23.7. The molecule has 10 heteroatoms. The van der Waals surface area contributed by atoms with E-state index in [2.05, 4.69) is 5.32 Å². The fourth-order valence-electron chi connectivity index (χ4n) is 3.95. The van der Waals surface area contributed by atoms with Gasteiger partial charge in [-0.05, 0) is 49.4 Å². The fraction of sp³-hybridized carbons (Fsp3) is 0.348. The molecule has 8 nitrogen and oxygen atoms in total. The molecule has 2 aliphatic heterocycles. The van der Waals surface area contributed by atoms with Crippen molar-refractivity contribution in [2.45, 2.75) is 19.8 Å². The molecule has 2 amide bonds. The number of ether oxygens (including phenoxy) is 2. The van der Waals surface area contributed by atoms with E-state index in [1.807, 2.05) is 0 Å². The predicted octanol–water partition coefficient (Wildman–Crippen LogP) is 3.75. The number of nitrogens with one attached hydrogen (secondary N) is 1. The Balaban J connectivity index is 1.35. The number of carbonyl (C=O) groups excluding carboxylic acids is 2. The lowest BCUT2D eigenvalue weighted by Crippen LogP contribution is -2.40. The van der Waals surface area contributed by atoms with E-state index >= 15 is 0 Å². The van der Waals surface area contributed by atoms with Crippen LogP contribution in [0, 0.1) is 18.7 Å². The highest BCUT2D eigenvalue weighted by atomic mass is 35.5. The van der Waals surface area contributed by atoms with Gasteiger partial charge < -0.3 is 24.8 Å². The molecular formula is C23H22ClFN2O6. The number of piperidine rings is 1. The van der Waals surface area contributed by atoms with Crippen LogP contribution in [-0.4, -0.2) is 54.1 Å². The summed E-state index contributed by atoms with van der Waals surface area (Å²) in [6.07, 6.45) is 1.31. The van der Waals surface area contributed by atoms with E-state index in [4.69, 9.17) is 21.1 Å². The summed E-state index contributed by atoms with van der Waals surface area (Å²) in [6.45, 7) is 2.65. The number of benzene rings is 2. The first-order valence-corrected chi connectivity index (χ1v) is 10.8. The topological polar surface area (TPSA) is 105 Å². The summed E-state index contributed by atoms with van der Waals surface area (Å²) in [5.74, 6) is -1.79. The Morgan fingerprint density at radius 1 is 1.27 bits per heavy atom. The number of aromatic carboxylic acids is 1. The standard InChI is InChI=1S/C23H22ClFN2O6/c1-12-14(23(30)31)2-3-18(21(12)24)32-10-13-4-6-27(7-5-13)22(29)15-8-17-19(9-16(15)25)33-11-20(28)26-17/h2-3,8-9,13H,4-7,10-11H2,1H3,(H,26,28)(H,30,31). The van der Waals surface area contributed by atoms with Crippen LogP contribution in [-0.2, 0) is 4.79 Å². The van der Waals surface area contributed by atoms with Gasteiger partial charge in [-0.2, -0.15) is 0 Å². The van der Waals surface area contributed by atoms with Crippen molar-refractivity contribution in [2.24, 2.45) is 5.92 Å². The zero-order valence-corrected chi connectivity index (χ0v) is 18.6. The Labute approximate surface area is 194 Å². The van der Waals surface area contributed by atoms with Crippen molar-refractivity contribution < 1.29 is 33.4 Å². The molecule has 0 radical (unpaired) electrons. The number of nitrogens with zero attached hydrogens (tertiary/aromatic N) is 1. The Kier molecular flexibility index (Phi) is 6.42. The second kappa shape index (κ2) is 9.27. The second-order valence-electron chi connectivity index (χ2n) is 8.07. The third-order valence-electron chi connectivity index (χ3n) is 5.89. The van der Waals surface area contributed by atoms with Gasteiger partial charge in [-0.15, -0.1) is 0 Å². The molecule has 2 aromatic carbocycles. The van der Waals surface area contributed by atoms with Crippen molar-refractivity contribution in [1.82, 2.24) is 4.90 Å². The molecule has 1 fully saturated rings. The highest BCUT2D eigenvalue weighted by Crippen LogP contribution is 2.33. The van der Waals surface area contributed by atoms with Gasteiger partial charge in [0.1, 0.15) is 17.3 Å². The molecule has 1 saturated heterocycles. The van der Waals surface area contributed by atoms with Crippen LogP contribution in [0.1, 0.15) is 39.1 Å². The molecule has 2 N–H and O–H groups in total. The lowest BCUT2D eigenvalue weighted by Gasteiger charge is -2.32. The number of anilines is 1. The molecule has 2 aliphatic rings. The van der Waals surface area contributed by atoms with E-state index in [0.717, 1.165) is 6.07 Å². The van der Waals surface area contributed by atoms with Crippen LogP contribution in [0.5, 0.6) is 11.5 Å². The van der Waals surface area contributed by atoms with Gasteiger partial charge in [0, 0.05) is 19.2 Å². The molecule has 0 saturated carbocycles. The lowest BCUT2D eigenvalue weighted by atomic mass is 9.97. The number of halogens is 2. The van der Waals surface area contributed by atoms with Crippen molar-refractivity contribution >= 4 is 35.1 Å². The quantitative estimate of drug-likeness (QED) is 0.681. The van der Waals surface area contributed by atoms with E-state index in [1.165, 1.54) is 12.1 Å². The Morgan fingerprint density at radius 2 is 2.00 bits per heavy atom. The first kappa shape index (κ1) is 22.8. The highest BCUT2D eigenvalue weighted by Gasteiger charge is 2.28. The average molecular weight is 477 g/mol. The van der Waals surface area contributed by atoms with Crippen molar-refractivity contribution in [3.63, 3.8) is 0 Å². The number of rotatable bonds is 5. The van der Waals surface area contributed by atoms with E-state index in [0.29, 0.717) is 43.9 Å². The maximum Gasteiger partial charge on any atom is 0.336 e. The van der Waals surface area contributed by atoms with Gasteiger partial charge in [0.2, 0.25) is 0 Å². The van der Waals surface area contributed by atoms with E-state index in [9.17, 15) is 23.9 Å².